The molecule has 174 valence electrons. The van der Waals surface area contributed by atoms with Crippen molar-refractivity contribution in [3.63, 3.8) is 0 Å². The number of anilines is 1. The highest BCUT2D eigenvalue weighted by Crippen LogP contribution is 2.40. The van der Waals surface area contributed by atoms with Gasteiger partial charge in [-0.3, -0.25) is 9.69 Å². The lowest BCUT2D eigenvalue weighted by molar-refractivity contribution is -0.137. The van der Waals surface area contributed by atoms with Crippen LogP contribution in [0.4, 0.5) is 5.69 Å². The van der Waals surface area contributed by atoms with Gasteiger partial charge in [-0.2, -0.15) is 0 Å². The number of aliphatic carboxylic acids is 1. The number of rotatable bonds is 11. The summed E-state index contributed by atoms with van der Waals surface area (Å²) >= 11 is 0. The van der Waals surface area contributed by atoms with Gasteiger partial charge in [-0.25, -0.2) is 0 Å². The van der Waals surface area contributed by atoms with Gasteiger partial charge < -0.3 is 29.0 Å². The van der Waals surface area contributed by atoms with Crippen LogP contribution in [-0.2, 0) is 11.3 Å². The Hall–Kier alpha value is -3.13. The predicted molar refractivity (Wildman–Crippen MR) is 122 cm³/mol. The number of piperazine rings is 1. The third-order valence-corrected chi connectivity index (χ3v) is 5.56. The molecular formula is C24H32N2O6. The molecule has 0 atom stereocenters. The zero-order valence-electron chi connectivity index (χ0n) is 19.0. The molecule has 0 bridgehead atoms. The van der Waals surface area contributed by atoms with E-state index in [9.17, 15) is 4.79 Å². The molecular weight excluding hydrogens is 412 g/mol. The highest BCUT2D eigenvalue weighted by atomic mass is 16.5. The third-order valence-electron chi connectivity index (χ3n) is 5.56. The van der Waals surface area contributed by atoms with Gasteiger partial charge in [0, 0.05) is 44.7 Å². The van der Waals surface area contributed by atoms with Crippen LogP contribution in [0.2, 0.25) is 0 Å². The van der Waals surface area contributed by atoms with Crippen molar-refractivity contribution in [2.24, 2.45) is 0 Å². The number of para-hydroxylation sites is 2. The van der Waals surface area contributed by atoms with Crippen LogP contribution in [0.25, 0.3) is 0 Å². The quantitative estimate of drug-likeness (QED) is 0.529. The Labute approximate surface area is 189 Å². The maximum atomic E-state index is 10.8. The highest BCUT2D eigenvalue weighted by Gasteiger charge is 2.23. The fourth-order valence-corrected chi connectivity index (χ4v) is 3.90. The summed E-state index contributed by atoms with van der Waals surface area (Å²) in [5.41, 5.74) is 2.10. The van der Waals surface area contributed by atoms with E-state index < -0.39 is 5.97 Å². The van der Waals surface area contributed by atoms with E-state index in [2.05, 4.69) is 15.9 Å². The first kappa shape index (κ1) is 23.5. The number of nitrogens with zero attached hydrogens (tertiary/aromatic N) is 2. The SMILES string of the molecule is COc1ccccc1N1CCN(Cc2ccc(OC)c(OC)c2OCCCC(=O)O)CC1. The monoisotopic (exact) mass is 444 g/mol. The fourth-order valence-electron chi connectivity index (χ4n) is 3.90. The molecule has 1 aliphatic heterocycles. The van der Waals surface area contributed by atoms with E-state index in [0.29, 0.717) is 36.8 Å². The second kappa shape index (κ2) is 11.5. The van der Waals surface area contributed by atoms with Crippen molar-refractivity contribution in [2.45, 2.75) is 19.4 Å². The normalized spacial score (nSPS) is 14.2. The Morgan fingerprint density at radius 2 is 1.62 bits per heavy atom. The number of carboxylic acid groups (broad SMARTS) is 1. The van der Waals surface area contributed by atoms with Gasteiger partial charge in [0.2, 0.25) is 5.75 Å². The van der Waals surface area contributed by atoms with E-state index in [-0.39, 0.29) is 6.42 Å². The molecule has 0 saturated carbocycles. The molecule has 1 aliphatic rings. The maximum absolute atomic E-state index is 10.8. The Kier molecular flexibility index (Phi) is 8.44. The second-order valence-corrected chi connectivity index (χ2v) is 7.57. The first-order valence-corrected chi connectivity index (χ1v) is 10.8. The van der Waals surface area contributed by atoms with Gasteiger partial charge >= 0.3 is 5.97 Å². The third kappa shape index (κ3) is 5.76. The molecule has 0 unspecified atom stereocenters. The van der Waals surface area contributed by atoms with Gasteiger partial charge in [0.15, 0.2) is 11.5 Å². The standard InChI is InChI=1S/C24H32N2O6/c1-29-20-8-5-4-7-19(20)26-14-12-25(13-15-26)17-18-10-11-21(30-2)24(31-3)23(18)32-16-6-9-22(27)28/h4-5,7-8,10-11H,6,9,12-17H2,1-3H3,(H,27,28). The molecule has 0 aliphatic carbocycles. The van der Waals surface area contributed by atoms with Crippen LogP contribution < -0.4 is 23.8 Å². The molecule has 32 heavy (non-hydrogen) atoms. The van der Waals surface area contributed by atoms with Gasteiger partial charge in [-0.05, 0) is 24.6 Å². The Balaban J connectivity index is 1.69. The largest absolute Gasteiger partial charge is 0.495 e. The van der Waals surface area contributed by atoms with Crippen LogP contribution in [0.3, 0.4) is 0 Å². The summed E-state index contributed by atoms with van der Waals surface area (Å²) in [6.45, 7) is 4.57. The van der Waals surface area contributed by atoms with Crippen LogP contribution in [0.1, 0.15) is 18.4 Å². The molecule has 1 fully saturated rings. The molecule has 0 amide bonds. The maximum Gasteiger partial charge on any atom is 0.303 e. The van der Waals surface area contributed by atoms with Crippen molar-refractivity contribution in [1.29, 1.82) is 0 Å². The van der Waals surface area contributed by atoms with Crippen molar-refractivity contribution < 1.29 is 28.8 Å². The number of ether oxygens (including phenoxy) is 4. The number of hydrogen-bond donors (Lipinski definition) is 1. The number of hydrogen-bond acceptors (Lipinski definition) is 7. The van der Waals surface area contributed by atoms with Crippen LogP contribution >= 0.6 is 0 Å². The van der Waals surface area contributed by atoms with Gasteiger partial charge in [0.25, 0.3) is 0 Å². The Bertz CT molecular complexity index is 896. The molecule has 2 aromatic rings. The first-order chi connectivity index (χ1) is 15.6. The summed E-state index contributed by atoms with van der Waals surface area (Å²) in [6.07, 6.45) is 0.485. The summed E-state index contributed by atoms with van der Waals surface area (Å²) in [4.78, 5) is 15.5. The smallest absolute Gasteiger partial charge is 0.303 e. The molecule has 1 N–H and O–H groups in total. The highest BCUT2D eigenvalue weighted by molar-refractivity contribution is 5.66. The summed E-state index contributed by atoms with van der Waals surface area (Å²) in [5, 5.41) is 8.88. The molecule has 1 saturated heterocycles. The summed E-state index contributed by atoms with van der Waals surface area (Å²) in [7, 11) is 4.87. The van der Waals surface area contributed by atoms with Crippen LogP contribution in [0, 0.1) is 0 Å². The number of carboxylic acids is 1. The summed E-state index contributed by atoms with van der Waals surface area (Å²) in [6, 6.07) is 11.9. The molecule has 0 radical (unpaired) electrons. The van der Waals surface area contributed by atoms with Gasteiger partial charge in [-0.15, -0.1) is 0 Å². The van der Waals surface area contributed by atoms with Crippen LogP contribution in [-0.4, -0.2) is 70.1 Å². The van der Waals surface area contributed by atoms with Gasteiger partial charge in [0.05, 0.1) is 33.6 Å². The van der Waals surface area contributed by atoms with Crippen molar-refractivity contribution in [3.05, 3.63) is 42.0 Å². The van der Waals surface area contributed by atoms with Crippen LogP contribution in [0.5, 0.6) is 23.0 Å². The molecule has 8 nitrogen and oxygen atoms in total. The first-order valence-electron chi connectivity index (χ1n) is 10.8. The average molecular weight is 445 g/mol. The molecule has 0 spiro atoms. The zero-order chi connectivity index (χ0) is 22.9. The van der Waals surface area contributed by atoms with E-state index in [1.54, 1.807) is 21.3 Å². The van der Waals surface area contributed by atoms with E-state index in [0.717, 1.165) is 43.2 Å². The second-order valence-electron chi connectivity index (χ2n) is 7.57. The lowest BCUT2D eigenvalue weighted by atomic mass is 10.1. The summed E-state index contributed by atoms with van der Waals surface area (Å²) in [5.74, 6) is 1.79. The number of methoxy groups -OCH3 is 3. The minimum atomic E-state index is -0.834. The summed E-state index contributed by atoms with van der Waals surface area (Å²) < 4.78 is 22.5. The molecule has 1 heterocycles. The van der Waals surface area contributed by atoms with E-state index in [1.807, 2.05) is 30.3 Å². The minimum absolute atomic E-state index is 0.0620. The Morgan fingerprint density at radius 3 is 2.28 bits per heavy atom. The van der Waals surface area contributed by atoms with Crippen molar-refractivity contribution >= 4 is 11.7 Å². The average Bonchev–Trinajstić information content (AvgIpc) is 2.82. The van der Waals surface area contributed by atoms with Crippen molar-refractivity contribution in [1.82, 2.24) is 4.90 Å². The number of carbonyl (C=O) groups is 1. The lowest BCUT2D eigenvalue weighted by Crippen LogP contribution is -2.46. The van der Waals surface area contributed by atoms with Gasteiger partial charge in [-0.1, -0.05) is 18.2 Å². The van der Waals surface area contributed by atoms with E-state index in [1.165, 1.54) is 0 Å². The van der Waals surface area contributed by atoms with Gasteiger partial charge in [0.1, 0.15) is 5.75 Å². The van der Waals surface area contributed by atoms with Crippen molar-refractivity contribution in [2.75, 3.05) is 59.0 Å². The van der Waals surface area contributed by atoms with Crippen molar-refractivity contribution in [3.8, 4) is 23.0 Å². The minimum Gasteiger partial charge on any atom is -0.495 e. The Morgan fingerprint density at radius 1 is 0.906 bits per heavy atom. The lowest BCUT2D eigenvalue weighted by Gasteiger charge is -2.36. The van der Waals surface area contributed by atoms with Crippen LogP contribution in [0.15, 0.2) is 36.4 Å². The van der Waals surface area contributed by atoms with E-state index in [4.69, 9.17) is 24.1 Å². The molecule has 0 aromatic heterocycles. The topological polar surface area (TPSA) is 80.7 Å². The van der Waals surface area contributed by atoms with E-state index >= 15 is 0 Å². The number of benzene rings is 2. The fraction of sp³-hybridized carbons (Fsp3) is 0.458. The molecule has 2 aromatic carbocycles. The molecule has 8 heteroatoms. The predicted octanol–water partition coefficient (Wildman–Crippen LogP) is 3.28. The molecule has 3 rings (SSSR count). The zero-order valence-corrected chi connectivity index (χ0v) is 19.0.